The largest absolute Gasteiger partial charge is 0.444 e. The fourth-order valence-electron chi connectivity index (χ4n) is 3.09. The number of anilines is 2. The number of hydrogen-bond acceptors (Lipinski definition) is 4. The first-order chi connectivity index (χ1) is 11.3. The molecule has 5 heteroatoms. The third-order valence-electron chi connectivity index (χ3n) is 4.44. The van der Waals surface area contributed by atoms with Crippen molar-refractivity contribution in [3.8, 4) is 0 Å². The van der Waals surface area contributed by atoms with Crippen molar-refractivity contribution < 1.29 is 9.53 Å². The molecular formula is C19H31N3O2. The Hall–Kier alpha value is -1.91. The lowest BCUT2D eigenvalue weighted by Gasteiger charge is -2.29. The van der Waals surface area contributed by atoms with E-state index in [0.717, 1.165) is 30.8 Å². The monoisotopic (exact) mass is 333 g/mol. The van der Waals surface area contributed by atoms with Gasteiger partial charge in [-0.2, -0.15) is 0 Å². The van der Waals surface area contributed by atoms with Crippen molar-refractivity contribution in [1.82, 2.24) is 5.32 Å². The summed E-state index contributed by atoms with van der Waals surface area (Å²) in [5.41, 5.74) is 7.34. The fourth-order valence-corrected chi connectivity index (χ4v) is 3.09. The predicted octanol–water partition coefficient (Wildman–Crippen LogP) is 4.01. The van der Waals surface area contributed by atoms with Crippen molar-refractivity contribution >= 4 is 17.5 Å². The highest BCUT2D eigenvalue weighted by Crippen LogP contribution is 2.29. The molecule has 0 radical (unpaired) electrons. The van der Waals surface area contributed by atoms with Crippen LogP contribution in [0.15, 0.2) is 24.3 Å². The van der Waals surface area contributed by atoms with Crippen LogP contribution in [0.3, 0.4) is 0 Å². The molecule has 1 fully saturated rings. The maximum Gasteiger partial charge on any atom is 0.407 e. The molecule has 0 saturated heterocycles. The van der Waals surface area contributed by atoms with Gasteiger partial charge < -0.3 is 21.1 Å². The summed E-state index contributed by atoms with van der Waals surface area (Å²) in [4.78, 5) is 11.7. The van der Waals surface area contributed by atoms with Gasteiger partial charge in [0.25, 0.3) is 0 Å². The van der Waals surface area contributed by atoms with E-state index in [4.69, 9.17) is 10.5 Å². The number of amides is 1. The van der Waals surface area contributed by atoms with Crippen molar-refractivity contribution in [3.63, 3.8) is 0 Å². The van der Waals surface area contributed by atoms with Crippen molar-refractivity contribution in [2.45, 2.75) is 52.1 Å². The summed E-state index contributed by atoms with van der Waals surface area (Å²) in [6, 6.07) is 7.88. The minimum absolute atomic E-state index is 0.314. The molecule has 1 aliphatic carbocycles. The van der Waals surface area contributed by atoms with Crippen LogP contribution >= 0.6 is 0 Å². The summed E-state index contributed by atoms with van der Waals surface area (Å²) < 4.78 is 5.28. The Morgan fingerprint density at radius 3 is 2.29 bits per heavy atom. The van der Waals surface area contributed by atoms with Gasteiger partial charge in [0.15, 0.2) is 0 Å². The summed E-state index contributed by atoms with van der Waals surface area (Å²) >= 11 is 0. The molecule has 0 aliphatic heterocycles. The second-order valence-corrected chi connectivity index (χ2v) is 7.74. The van der Waals surface area contributed by atoms with Gasteiger partial charge in [-0.05, 0) is 70.4 Å². The van der Waals surface area contributed by atoms with Gasteiger partial charge in [-0.25, -0.2) is 4.79 Å². The van der Waals surface area contributed by atoms with Crippen LogP contribution in [0.4, 0.5) is 16.2 Å². The molecule has 24 heavy (non-hydrogen) atoms. The fraction of sp³-hybridized carbons (Fsp3) is 0.632. The highest BCUT2D eigenvalue weighted by Gasteiger charge is 2.22. The van der Waals surface area contributed by atoms with Crippen LogP contribution < -0.4 is 16.4 Å². The highest BCUT2D eigenvalue weighted by molar-refractivity contribution is 5.67. The van der Waals surface area contributed by atoms with Crippen LogP contribution in [-0.2, 0) is 4.74 Å². The van der Waals surface area contributed by atoms with Gasteiger partial charge in [0.05, 0.1) is 11.4 Å². The van der Waals surface area contributed by atoms with E-state index in [1.807, 2.05) is 45.0 Å². The zero-order valence-corrected chi connectivity index (χ0v) is 15.1. The Kier molecular flexibility index (Phi) is 6.35. The van der Waals surface area contributed by atoms with E-state index in [-0.39, 0.29) is 6.09 Å². The number of carbonyl (C=O) groups excluding carboxylic acids is 1. The minimum atomic E-state index is -0.438. The number of nitrogen functional groups attached to an aromatic ring is 1. The first kappa shape index (κ1) is 18.4. The van der Waals surface area contributed by atoms with Gasteiger partial charge in [0, 0.05) is 13.1 Å². The number of rotatable bonds is 5. The second-order valence-electron chi connectivity index (χ2n) is 7.74. The third-order valence-corrected chi connectivity index (χ3v) is 4.44. The number of para-hydroxylation sites is 2. The number of carbonyl (C=O) groups is 1. The normalized spacial score (nSPS) is 21.1. The predicted molar refractivity (Wildman–Crippen MR) is 99.0 cm³/mol. The standard InChI is InChI=1S/C19H31N3O2/c1-19(2,3)24-18(23)22-13-15-10-8-14(9-11-15)12-21-17-7-5-4-6-16(17)20/h4-7,14-15,21H,8-13,20H2,1-3H3,(H,22,23). The van der Waals surface area contributed by atoms with Gasteiger partial charge in [-0.3, -0.25) is 0 Å². The maximum absolute atomic E-state index is 11.7. The van der Waals surface area contributed by atoms with E-state index in [1.54, 1.807) is 0 Å². The molecule has 1 saturated carbocycles. The van der Waals surface area contributed by atoms with Gasteiger partial charge in [0.1, 0.15) is 5.60 Å². The van der Waals surface area contributed by atoms with E-state index in [1.165, 1.54) is 12.8 Å². The zero-order valence-electron chi connectivity index (χ0n) is 15.1. The summed E-state index contributed by atoms with van der Waals surface area (Å²) in [5, 5.41) is 6.35. The van der Waals surface area contributed by atoms with E-state index < -0.39 is 5.60 Å². The first-order valence-electron chi connectivity index (χ1n) is 8.88. The lowest BCUT2D eigenvalue weighted by atomic mass is 9.82. The highest BCUT2D eigenvalue weighted by atomic mass is 16.6. The molecule has 0 heterocycles. The van der Waals surface area contributed by atoms with E-state index >= 15 is 0 Å². The Morgan fingerprint density at radius 1 is 1.12 bits per heavy atom. The molecule has 1 amide bonds. The quantitative estimate of drug-likeness (QED) is 0.712. The molecule has 2 rings (SSSR count). The van der Waals surface area contributed by atoms with Crippen LogP contribution in [-0.4, -0.2) is 24.8 Å². The molecule has 1 aromatic carbocycles. The molecule has 134 valence electrons. The lowest BCUT2D eigenvalue weighted by Crippen LogP contribution is -2.36. The summed E-state index contributed by atoms with van der Waals surface area (Å²) in [5.74, 6) is 1.22. The molecule has 5 nitrogen and oxygen atoms in total. The number of nitrogens with two attached hydrogens (primary N) is 1. The Labute approximate surface area is 145 Å². The average Bonchev–Trinajstić information content (AvgIpc) is 2.51. The second kappa shape index (κ2) is 8.27. The molecule has 1 aliphatic rings. The van der Waals surface area contributed by atoms with Crippen LogP contribution in [0, 0.1) is 11.8 Å². The van der Waals surface area contributed by atoms with Crippen LogP contribution in [0.5, 0.6) is 0 Å². The van der Waals surface area contributed by atoms with Gasteiger partial charge in [0.2, 0.25) is 0 Å². The molecule has 0 unspecified atom stereocenters. The average molecular weight is 333 g/mol. The minimum Gasteiger partial charge on any atom is -0.444 e. The van der Waals surface area contributed by atoms with Gasteiger partial charge in [-0.15, -0.1) is 0 Å². The lowest BCUT2D eigenvalue weighted by molar-refractivity contribution is 0.0513. The SMILES string of the molecule is CC(C)(C)OC(=O)NCC1CCC(CNc2ccccc2N)CC1. The summed E-state index contributed by atoms with van der Waals surface area (Å²) in [7, 11) is 0. The molecule has 1 aromatic rings. The summed E-state index contributed by atoms with van der Waals surface area (Å²) in [6.07, 6.45) is 4.34. The first-order valence-corrected chi connectivity index (χ1v) is 8.88. The molecule has 0 aromatic heterocycles. The van der Waals surface area contributed by atoms with Crippen LogP contribution in [0.2, 0.25) is 0 Å². The molecule has 0 bridgehead atoms. The molecule has 0 atom stereocenters. The Morgan fingerprint density at radius 2 is 1.71 bits per heavy atom. The summed E-state index contributed by atoms with van der Waals surface area (Å²) in [6.45, 7) is 7.31. The smallest absolute Gasteiger partial charge is 0.407 e. The third kappa shape index (κ3) is 6.30. The maximum atomic E-state index is 11.7. The van der Waals surface area contributed by atoms with Crippen molar-refractivity contribution in [1.29, 1.82) is 0 Å². The van der Waals surface area contributed by atoms with Crippen molar-refractivity contribution in [2.75, 3.05) is 24.1 Å². The van der Waals surface area contributed by atoms with Gasteiger partial charge >= 0.3 is 6.09 Å². The van der Waals surface area contributed by atoms with E-state index in [0.29, 0.717) is 18.4 Å². The van der Waals surface area contributed by atoms with E-state index in [9.17, 15) is 4.79 Å². The van der Waals surface area contributed by atoms with Gasteiger partial charge in [-0.1, -0.05) is 12.1 Å². The number of hydrogen-bond donors (Lipinski definition) is 3. The molecule has 0 spiro atoms. The van der Waals surface area contributed by atoms with Crippen LogP contribution in [0.25, 0.3) is 0 Å². The van der Waals surface area contributed by atoms with Crippen molar-refractivity contribution in [2.24, 2.45) is 11.8 Å². The number of alkyl carbamates (subject to hydrolysis) is 1. The zero-order chi connectivity index (χ0) is 17.6. The number of benzene rings is 1. The number of nitrogens with one attached hydrogen (secondary N) is 2. The molecular weight excluding hydrogens is 302 g/mol. The Balaban J connectivity index is 1.65. The number of ether oxygens (including phenoxy) is 1. The van der Waals surface area contributed by atoms with Crippen LogP contribution in [0.1, 0.15) is 46.5 Å². The topological polar surface area (TPSA) is 76.4 Å². The van der Waals surface area contributed by atoms with Crippen molar-refractivity contribution in [3.05, 3.63) is 24.3 Å². The Bertz CT molecular complexity index is 532. The molecule has 4 N–H and O–H groups in total. The van der Waals surface area contributed by atoms with E-state index in [2.05, 4.69) is 10.6 Å².